The maximum absolute atomic E-state index is 12.2. The number of nitrogens with one attached hydrogen (secondary N) is 1. The first kappa shape index (κ1) is 17.7. The van der Waals surface area contributed by atoms with Crippen molar-refractivity contribution in [2.75, 3.05) is 6.61 Å². The van der Waals surface area contributed by atoms with Crippen LogP contribution in [0.1, 0.15) is 16.8 Å². The van der Waals surface area contributed by atoms with Crippen molar-refractivity contribution in [3.8, 4) is 5.75 Å². The first-order chi connectivity index (χ1) is 12.5. The molecule has 2 aromatic carbocycles. The predicted octanol–water partition coefficient (Wildman–Crippen LogP) is 3.18. The number of halogens is 2. The summed E-state index contributed by atoms with van der Waals surface area (Å²) in [6.07, 6.45) is 0.431. The molecule has 0 amide bonds. The van der Waals surface area contributed by atoms with Gasteiger partial charge < -0.3 is 14.5 Å². The molecule has 0 saturated carbocycles. The zero-order chi connectivity index (χ0) is 18.5. The highest BCUT2D eigenvalue weighted by molar-refractivity contribution is 5.89. The van der Waals surface area contributed by atoms with Crippen molar-refractivity contribution in [2.24, 2.45) is 0 Å². The number of esters is 1. The van der Waals surface area contributed by atoms with E-state index in [4.69, 9.17) is 4.74 Å². The van der Waals surface area contributed by atoms with Gasteiger partial charge in [0.15, 0.2) is 0 Å². The molecule has 8 heteroatoms. The number of rotatable bonds is 7. The molecule has 0 saturated heterocycles. The van der Waals surface area contributed by atoms with Crippen LogP contribution in [-0.2, 0) is 11.3 Å². The third-order valence-electron chi connectivity index (χ3n) is 3.74. The number of carbonyl (C=O) groups is 1. The Morgan fingerprint density at radius 2 is 1.96 bits per heavy atom. The summed E-state index contributed by atoms with van der Waals surface area (Å²) in [7, 11) is 0. The Kier molecular flexibility index (Phi) is 5.31. The zero-order valence-corrected chi connectivity index (χ0v) is 13.7. The predicted molar refractivity (Wildman–Crippen MR) is 90.5 cm³/mol. The van der Waals surface area contributed by atoms with Crippen LogP contribution in [0.3, 0.4) is 0 Å². The number of aromatic amines is 1. The van der Waals surface area contributed by atoms with Crippen LogP contribution >= 0.6 is 0 Å². The molecule has 6 nitrogen and oxygen atoms in total. The topological polar surface area (TPSA) is 73.3 Å². The summed E-state index contributed by atoms with van der Waals surface area (Å²) in [5.41, 5.74) is 1.41. The van der Waals surface area contributed by atoms with E-state index in [1.807, 2.05) is 24.3 Å². The van der Waals surface area contributed by atoms with Gasteiger partial charge in [-0.05, 0) is 36.8 Å². The van der Waals surface area contributed by atoms with Crippen LogP contribution in [0.15, 0.2) is 53.3 Å². The van der Waals surface area contributed by atoms with E-state index in [9.17, 15) is 18.4 Å². The largest absolute Gasteiger partial charge is 0.462 e. The maximum atomic E-state index is 12.2. The molecule has 0 bridgehead atoms. The van der Waals surface area contributed by atoms with Crippen molar-refractivity contribution >= 4 is 17.0 Å². The second-order valence-corrected chi connectivity index (χ2v) is 5.49. The van der Waals surface area contributed by atoms with E-state index < -0.39 is 12.6 Å². The second-order valence-electron chi connectivity index (χ2n) is 5.49. The molecular formula is C18H16F2N2O4. The number of alkyl halides is 2. The van der Waals surface area contributed by atoms with Crippen LogP contribution in [0.2, 0.25) is 0 Å². The van der Waals surface area contributed by atoms with E-state index in [1.165, 1.54) is 24.3 Å². The summed E-state index contributed by atoms with van der Waals surface area (Å²) < 4.78 is 35.4. The fourth-order valence-corrected chi connectivity index (χ4v) is 2.60. The number of nitrogens with zero attached hydrogens (tertiary/aromatic N) is 1. The Labute approximate surface area is 147 Å². The number of ether oxygens (including phenoxy) is 2. The van der Waals surface area contributed by atoms with Crippen molar-refractivity contribution < 1.29 is 23.0 Å². The molecule has 0 aliphatic rings. The van der Waals surface area contributed by atoms with Crippen molar-refractivity contribution in [1.82, 2.24) is 9.55 Å². The first-order valence-corrected chi connectivity index (χ1v) is 7.94. The monoisotopic (exact) mass is 362 g/mol. The SMILES string of the molecule is O=C(OCCCn1c(=O)[nH]c2ccccc21)c1cccc(OC(F)F)c1. The number of H-pyrrole nitrogens is 1. The van der Waals surface area contributed by atoms with Crippen LogP contribution < -0.4 is 10.4 Å². The summed E-state index contributed by atoms with van der Waals surface area (Å²) in [5.74, 6) is -0.754. The Balaban J connectivity index is 1.55. The van der Waals surface area contributed by atoms with Gasteiger partial charge in [0.2, 0.25) is 0 Å². The number of hydrogen-bond donors (Lipinski definition) is 1. The van der Waals surface area contributed by atoms with Crippen molar-refractivity contribution in [1.29, 1.82) is 0 Å². The number of carbonyl (C=O) groups excluding carboxylic acids is 1. The Bertz CT molecular complexity index is 965. The van der Waals surface area contributed by atoms with E-state index in [0.29, 0.717) is 13.0 Å². The Hall–Kier alpha value is -3.16. The highest BCUT2D eigenvalue weighted by atomic mass is 19.3. The molecule has 0 atom stereocenters. The maximum Gasteiger partial charge on any atom is 0.387 e. The molecule has 1 heterocycles. The van der Waals surface area contributed by atoms with Crippen molar-refractivity contribution in [2.45, 2.75) is 19.6 Å². The van der Waals surface area contributed by atoms with Gasteiger partial charge in [-0.15, -0.1) is 0 Å². The lowest BCUT2D eigenvalue weighted by Crippen LogP contribution is -2.18. The Morgan fingerprint density at radius 1 is 1.15 bits per heavy atom. The summed E-state index contributed by atoms with van der Waals surface area (Å²) >= 11 is 0. The minimum Gasteiger partial charge on any atom is -0.462 e. The first-order valence-electron chi connectivity index (χ1n) is 7.94. The molecule has 0 spiro atoms. The minimum atomic E-state index is -2.96. The van der Waals surface area contributed by atoms with Gasteiger partial charge in [0.1, 0.15) is 5.75 Å². The number of hydrogen-bond acceptors (Lipinski definition) is 4. The molecule has 26 heavy (non-hydrogen) atoms. The lowest BCUT2D eigenvalue weighted by molar-refractivity contribution is -0.0499. The molecule has 1 N–H and O–H groups in total. The molecular weight excluding hydrogens is 346 g/mol. The van der Waals surface area contributed by atoms with Gasteiger partial charge in [-0.2, -0.15) is 8.78 Å². The van der Waals surface area contributed by atoms with Crippen LogP contribution in [0.4, 0.5) is 8.78 Å². The van der Waals surface area contributed by atoms with Gasteiger partial charge in [-0.1, -0.05) is 18.2 Å². The van der Waals surface area contributed by atoms with E-state index in [0.717, 1.165) is 11.0 Å². The third kappa shape index (κ3) is 4.08. The normalized spacial score (nSPS) is 11.0. The number of imidazole rings is 1. The van der Waals surface area contributed by atoms with E-state index >= 15 is 0 Å². The standard InChI is InChI=1S/C18H16F2N2O4/c19-17(20)26-13-6-3-5-12(11-13)16(23)25-10-4-9-22-15-8-2-1-7-14(15)21-18(22)24/h1-3,5-8,11,17H,4,9-10H2,(H,21,24). The molecule has 0 aliphatic carbocycles. The number of aromatic nitrogens is 2. The molecule has 136 valence electrons. The molecule has 0 unspecified atom stereocenters. The van der Waals surface area contributed by atoms with Crippen LogP contribution in [0, 0.1) is 0 Å². The van der Waals surface area contributed by atoms with Gasteiger partial charge in [-0.25, -0.2) is 9.59 Å². The molecule has 0 aliphatic heterocycles. The van der Waals surface area contributed by atoms with Crippen LogP contribution in [-0.4, -0.2) is 28.7 Å². The quantitative estimate of drug-likeness (QED) is 0.518. The zero-order valence-electron chi connectivity index (χ0n) is 13.7. The summed E-state index contributed by atoms with van der Waals surface area (Å²) in [5, 5.41) is 0. The number of fused-ring (bicyclic) bond motifs is 1. The van der Waals surface area contributed by atoms with Gasteiger partial charge in [0.25, 0.3) is 0 Å². The number of aryl methyl sites for hydroxylation is 1. The van der Waals surface area contributed by atoms with E-state index in [1.54, 1.807) is 4.57 Å². The summed E-state index contributed by atoms with van der Waals surface area (Å²) in [6.45, 7) is -2.49. The lowest BCUT2D eigenvalue weighted by atomic mass is 10.2. The minimum absolute atomic E-state index is 0.0880. The van der Waals surface area contributed by atoms with E-state index in [-0.39, 0.29) is 23.6 Å². The second kappa shape index (κ2) is 7.81. The van der Waals surface area contributed by atoms with E-state index in [2.05, 4.69) is 9.72 Å². The van der Waals surface area contributed by atoms with Gasteiger partial charge >= 0.3 is 18.3 Å². The van der Waals surface area contributed by atoms with Gasteiger partial charge in [0.05, 0.1) is 23.2 Å². The summed E-state index contributed by atoms with van der Waals surface area (Å²) in [6, 6.07) is 12.7. The van der Waals surface area contributed by atoms with Crippen LogP contribution in [0.25, 0.3) is 11.0 Å². The number of benzene rings is 2. The number of para-hydroxylation sites is 2. The van der Waals surface area contributed by atoms with Crippen molar-refractivity contribution in [3.05, 3.63) is 64.6 Å². The van der Waals surface area contributed by atoms with Crippen molar-refractivity contribution in [3.63, 3.8) is 0 Å². The smallest absolute Gasteiger partial charge is 0.387 e. The average Bonchev–Trinajstić information content (AvgIpc) is 2.93. The van der Waals surface area contributed by atoms with Gasteiger partial charge in [-0.3, -0.25) is 4.57 Å². The molecule has 0 fully saturated rings. The highest BCUT2D eigenvalue weighted by Crippen LogP contribution is 2.16. The fourth-order valence-electron chi connectivity index (χ4n) is 2.60. The summed E-state index contributed by atoms with van der Waals surface area (Å²) in [4.78, 5) is 26.7. The van der Waals surface area contributed by atoms with Crippen LogP contribution in [0.5, 0.6) is 5.75 Å². The molecule has 0 radical (unpaired) electrons. The molecule has 3 rings (SSSR count). The lowest BCUT2D eigenvalue weighted by Gasteiger charge is -2.08. The fraction of sp³-hybridized carbons (Fsp3) is 0.222. The third-order valence-corrected chi connectivity index (χ3v) is 3.74. The Morgan fingerprint density at radius 3 is 2.77 bits per heavy atom. The van der Waals surface area contributed by atoms with Gasteiger partial charge in [0, 0.05) is 6.54 Å². The molecule has 3 aromatic rings. The average molecular weight is 362 g/mol. The molecule has 1 aromatic heterocycles. The highest BCUT2D eigenvalue weighted by Gasteiger charge is 2.11.